The summed E-state index contributed by atoms with van der Waals surface area (Å²) in [7, 11) is 0. The lowest BCUT2D eigenvalue weighted by molar-refractivity contribution is -0.126. The Hall–Kier alpha value is -4.11. The number of nitrogens with zero attached hydrogens (tertiary/aromatic N) is 4. The van der Waals surface area contributed by atoms with E-state index in [0.29, 0.717) is 101 Å². The summed E-state index contributed by atoms with van der Waals surface area (Å²) in [4.78, 5) is 55.9. The van der Waals surface area contributed by atoms with E-state index in [4.69, 9.17) is 35.5 Å². The molecule has 0 saturated carbocycles. The highest BCUT2D eigenvalue weighted by molar-refractivity contribution is 8.00. The van der Waals surface area contributed by atoms with E-state index in [1.807, 2.05) is 54.4 Å². The highest BCUT2D eigenvalue weighted by Crippen LogP contribution is 2.41. The van der Waals surface area contributed by atoms with Gasteiger partial charge in [0.15, 0.2) is 5.82 Å². The van der Waals surface area contributed by atoms with Gasteiger partial charge in [0.05, 0.1) is 76.6 Å². The van der Waals surface area contributed by atoms with E-state index in [-0.39, 0.29) is 41.7 Å². The number of fused-ring (bicyclic) bond motifs is 4. The summed E-state index contributed by atoms with van der Waals surface area (Å²) in [5.41, 5.74) is 4.29. The van der Waals surface area contributed by atoms with E-state index in [2.05, 4.69) is 50.6 Å². The number of unbranched alkanes of at least 4 members (excludes halogenated alkanes) is 1. The van der Waals surface area contributed by atoms with Gasteiger partial charge in [-0.25, -0.2) is 4.79 Å². The number of aryl methyl sites for hydroxylation is 2. The first-order valence-electron chi connectivity index (χ1n) is 21.7. The van der Waals surface area contributed by atoms with Crippen molar-refractivity contribution in [1.82, 2.24) is 36.0 Å². The number of anilines is 1. The van der Waals surface area contributed by atoms with Crippen molar-refractivity contribution in [2.24, 2.45) is 10.9 Å². The fourth-order valence-electron chi connectivity index (χ4n) is 7.84. The van der Waals surface area contributed by atoms with Gasteiger partial charge < -0.3 is 45.5 Å². The smallest absolute Gasteiger partial charge is 0.315 e. The number of rotatable bonds is 26. The Morgan fingerprint density at radius 1 is 0.889 bits per heavy atom. The molecule has 3 aromatic rings. The quantitative estimate of drug-likeness (QED) is 0.0434. The maximum atomic E-state index is 13.8. The largest absolute Gasteiger partial charge is 0.377 e. The minimum atomic E-state index is -0.615. The number of aromatic nitrogens is 3. The Morgan fingerprint density at radius 3 is 2.22 bits per heavy atom. The third-order valence-electron chi connectivity index (χ3n) is 11.2. The van der Waals surface area contributed by atoms with Gasteiger partial charge in [0.25, 0.3) is 0 Å². The molecular formula is C43H60ClN9O8S2. The summed E-state index contributed by atoms with van der Waals surface area (Å²) in [6.07, 6.45) is 3.77. The zero-order valence-corrected chi connectivity index (χ0v) is 38.9. The van der Waals surface area contributed by atoms with Crippen molar-refractivity contribution in [2.75, 3.05) is 82.9 Å². The molecule has 20 heteroatoms. The normalized spacial score (nSPS) is 19.3. The number of thioether (sulfide) groups is 1. The second kappa shape index (κ2) is 24.3. The van der Waals surface area contributed by atoms with Crippen LogP contribution in [0.2, 0.25) is 0 Å². The van der Waals surface area contributed by atoms with Crippen LogP contribution in [0.4, 0.5) is 10.5 Å². The number of hydrogen-bond donors (Lipinski definition) is 5. The molecule has 17 nitrogen and oxygen atoms in total. The number of halogens is 1. The molecule has 1 aromatic carbocycles. The summed E-state index contributed by atoms with van der Waals surface area (Å²) < 4.78 is 24.5. The molecule has 5 N–H and O–H groups in total. The first-order valence-corrected chi connectivity index (χ1v) is 24.1. The monoisotopic (exact) mass is 929 g/mol. The van der Waals surface area contributed by atoms with E-state index >= 15 is 0 Å². The summed E-state index contributed by atoms with van der Waals surface area (Å²) in [5, 5.41) is 25.1. The van der Waals surface area contributed by atoms with Gasteiger partial charge in [0, 0.05) is 52.2 Å². The number of thiophene rings is 1. The Labute approximate surface area is 381 Å². The molecule has 63 heavy (non-hydrogen) atoms. The SMILES string of the molecule is CC[C@@H](C(=O)NCCOCCOCCOCCOCCNC(=O)CCCC[C@@H]1SC[C@@H]2NC(=O)N[C@@H]21)C1N=C(c2ccc(NC(=O)CCl)cc2)c2c(sc(C)c2C)-n2c(C)nnc21. The average molecular weight is 931 g/mol. The second-order valence-electron chi connectivity index (χ2n) is 15.6. The molecule has 5 atom stereocenters. The predicted octanol–water partition coefficient (Wildman–Crippen LogP) is 4.37. The van der Waals surface area contributed by atoms with Gasteiger partial charge in [-0.05, 0) is 57.7 Å². The molecule has 3 aliphatic rings. The Bertz CT molecular complexity index is 2050. The lowest BCUT2D eigenvalue weighted by Gasteiger charge is -2.22. The van der Waals surface area contributed by atoms with E-state index in [9.17, 15) is 19.2 Å². The number of alkyl halides is 1. The van der Waals surface area contributed by atoms with Gasteiger partial charge in [0.2, 0.25) is 17.7 Å². The summed E-state index contributed by atoms with van der Waals surface area (Å²) >= 11 is 9.24. The number of amides is 5. The first kappa shape index (κ1) is 48.3. The van der Waals surface area contributed by atoms with Gasteiger partial charge in [-0.1, -0.05) is 25.5 Å². The molecule has 0 bridgehead atoms. The molecule has 0 radical (unpaired) electrons. The van der Waals surface area contributed by atoms with Crippen LogP contribution in [0.1, 0.15) is 78.3 Å². The van der Waals surface area contributed by atoms with Crippen LogP contribution in [0.5, 0.6) is 0 Å². The topological polar surface area (TPSA) is 208 Å². The van der Waals surface area contributed by atoms with Crippen LogP contribution < -0.4 is 26.6 Å². The predicted molar refractivity (Wildman–Crippen MR) is 245 cm³/mol. The molecule has 5 heterocycles. The van der Waals surface area contributed by atoms with Crippen molar-refractivity contribution in [3.8, 4) is 5.00 Å². The fourth-order valence-corrected chi connectivity index (χ4v) is 10.7. The minimum Gasteiger partial charge on any atom is -0.377 e. The third-order valence-corrected chi connectivity index (χ3v) is 14.2. The summed E-state index contributed by atoms with van der Waals surface area (Å²) in [5.74, 6) is 1.18. The maximum Gasteiger partial charge on any atom is 0.315 e. The number of urea groups is 1. The van der Waals surface area contributed by atoms with Gasteiger partial charge in [-0.3, -0.25) is 23.9 Å². The number of carbonyl (C=O) groups excluding carboxylic acids is 4. The van der Waals surface area contributed by atoms with Gasteiger partial charge in [-0.15, -0.1) is 33.1 Å². The van der Waals surface area contributed by atoms with Crippen molar-refractivity contribution in [2.45, 2.75) is 83.2 Å². The van der Waals surface area contributed by atoms with E-state index in [1.165, 1.54) is 0 Å². The highest BCUT2D eigenvalue weighted by atomic mass is 35.5. The molecule has 2 saturated heterocycles. The average Bonchev–Trinajstić information content (AvgIpc) is 4.01. The maximum absolute atomic E-state index is 13.8. The van der Waals surface area contributed by atoms with Crippen molar-refractivity contribution < 1.29 is 38.1 Å². The zero-order chi connectivity index (χ0) is 44.7. The van der Waals surface area contributed by atoms with E-state index in [1.54, 1.807) is 11.3 Å². The minimum absolute atomic E-state index is 0.0245. The van der Waals surface area contributed by atoms with Crippen molar-refractivity contribution in [1.29, 1.82) is 0 Å². The van der Waals surface area contributed by atoms with Crippen molar-refractivity contribution in [3.63, 3.8) is 0 Å². The Kier molecular flexibility index (Phi) is 18.6. The fraction of sp³-hybridized carbons (Fsp3) is 0.605. The molecule has 5 amide bonds. The Balaban J connectivity index is 0.837. The number of benzene rings is 1. The van der Waals surface area contributed by atoms with Crippen molar-refractivity contribution >= 4 is 69.9 Å². The number of aliphatic imine (C=N–C) groups is 1. The summed E-state index contributed by atoms with van der Waals surface area (Å²) in [6, 6.07) is 7.23. The molecule has 0 aliphatic carbocycles. The molecule has 2 aromatic heterocycles. The highest BCUT2D eigenvalue weighted by Gasteiger charge is 2.42. The van der Waals surface area contributed by atoms with Gasteiger partial charge >= 0.3 is 6.03 Å². The third kappa shape index (κ3) is 13.0. The summed E-state index contributed by atoms with van der Waals surface area (Å²) in [6.45, 7) is 12.0. The molecular weight excluding hydrogens is 870 g/mol. The van der Waals surface area contributed by atoms with Gasteiger partial charge in [-0.2, -0.15) is 11.8 Å². The van der Waals surface area contributed by atoms with Crippen LogP contribution in [0, 0.1) is 26.7 Å². The van der Waals surface area contributed by atoms with Crippen LogP contribution in [0.3, 0.4) is 0 Å². The number of carbonyl (C=O) groups is 4. The number of hydrogen-bond acceptors (Lipinski definition) is 13. The number of ether oxygens (including phenoxy) is 4. The lowest BCUT2D eigenvalue weighted by Crippen LogP contribution is -2.36. The Morgan fingerprint density at radius 2 is 1.56 bits per heavy atom. The van der Waals surface area contributed by atoms with E-state index in [0.717, 1.165) is 57.3 Å². The van der Waals surface area contributed by atoms with Gasteiger partial charge in [0.1, 0.15) is 22.7 Å². The second-order valence-corrected chi connectivity index (χ2v) is 18.3. The zero-order valence-electron chi connectivity index (χ0n) is 36.5. The van der Waals surface area contributed by atoms with Crippen molar-refractivity contribution in [3.05, 3.63) is 57.5 Å². The molecule has 1 unspecified atom stereocenters. The molecule has 3 aliphatic heterocycles. The van der Waals surface area contributed by atoms with Crippen LogP contribution >= 0.6 is 34.7 Å². The van der Waals surface area contributed by atoms with Crippen LogP contribution in [-0.4, -0.2) is 139 Å². The molecule has 0 spiro atoms. The van der Waals surface area contributed by atoms with Crippen LogP contribution in [-0.2, 0) is 33.3 Å². The van der Waals surface area contributed by atoms with Crippen LogP contribution in [0.15, 0.2) is 29.3 Å². The lowest BCUT2D eigenvalue weighted by atomic mass is 9.94. The van der Waals surface area contributed by atoms with E-state index < -0.39 is 12.0 Å². The first-order chi connectivity index (χ1) is 30.6. The number of nitrogens with one attached hydrogen (secondary N) is 5. The molecule has 2 fully saturated rings. The standard InChI is InChI=1S/C43H60ClN9O8S2/c1-5-31(38-40-52-51-28(4)53(40)42-36(26(2)27(3)63-42)37(49-38)29-10-12-30(13-11-29)47-35(55)24-44)41(56)46-15-17-59-19-21-61-23-22-60-20-18-58-16-14-45-34(54)9-7-6-8-33-39-32(25-62-33)48-43(57)50-39/h10-13,31-33,38-39H,5-9,14-25H2,1-4H3,(H,45,54)(H,46,56)(H,47,55)(H2,48,50,57)/t31-,32+,33+,38?,39+/m1/s1. The van der Waals surface area contributed by atoms with Crippen LogP contribution in [0.25, 0.3) is 5.00 Å². The molecule has 344 valence electrons. The molecule has 6 rings (SSSR count).